The first kappa shape index (κ1) is 79.1. The van der Waals surface area contributed by atoms with Crippen LogP contribution in [0.4, 0.5) is 0 Å². The van der Waals surface area contributed by atoms with Crippen LogP contribution in [0, 0.1) is 0 Å². The second kappa shape index (κ2) is 49.9. The normalized spacial score (nSPS) is 10.8. The molecule has 12 nitrogen and oxygen atoms in total. The van der Waals surface area contributed by atoms with Crippen molar-refractivity contribution in [2.75, 3.05) is 0 Å². The van der Waals surface area contributed by atoms with E-state index in [9.17, 15) is 0 Å². The molecule has 12 rings (SSSR count). The minimum atomic E-state index is -1.43. The maximum Gasteiger partial charge on any atom is 0.333 e. The van der Waals surface area contributed by atoms with Crippen molar-refractivity contribution in [1.82, 2.24) is 0 Å². The van der Waals surface area contributed by atoms with Crippen LogP contribution in [0.2, 0.25) is 0 Å². The predicted molar refractivity (Wildman–Crippen MR) is 402 cm³/mol. The van der Waals surface area contributed by atoms with E-state index in [1.54, 1.807) is 0 Å². The zero-order valence-corrected chi connectivity index (χ0v) is 60.7. The Kier molecular flexibility index (Phi) is 39.0. The molecule has 0 unspecified atom stereocenters. The molecule has 0 N–H and O–H groups in total. The smallest absolute Gasteiger partial charge is 0.307 e. The fraction of sp³-hybridized carbons (Fsp3) is 0.143. The molecule has 0 aliphatic rings. The first-order valence-corrected chi connectivity index (χ1v) is 37.2. The Morgan fingerprint density at radius 3 is 0.257 bits per heavy atom. The molecule has 0 amide bonds. The van der Waals surface area contributed by atoms with Gasteiger partial charge in [-0.25, -0.2) is 0 Å². The second-order valence-corrected chi connectivity index (χ2v) is 26.9. The van der Waals surface area contributed by atoms with E-state index in [1.807, 2.05) is 364 Å². The molecule has 12 aromatic rings. The zero-order chi connectivity index (χ0) is 68.6. The van der Waals surface area contributed by atoms with Gasteiger partial charge in [-0.1, -0.05) is 364 Å². The molecular formula is C84H84NiO12P4. The van der Waals surface area contributed by atoms with Crippen molar-refractivity contribution in [2.45, 2.75) is 79.3 Å². The van der Waals surface area contributed by atoms with Crippen molar-refractivity contribution < 1.29 is 70.8 Å². The summed E-state index contributed by atoms with van der Waals surface area (Å²) in [5.41, 5.74) is 13.2. The van der Waals surface area contributed by atoms with Crippen LogP contribution in [0.15, 0.2) is 364 Å². The number of hydrogen-bond acceptors (Lipinski definition) is 12. The van der Waals surface area contributed by atoms with Crippen LogP contribution in [0.5, 0.6) is 0 Å². The van der Waals surface area contributed by atoms with Crippen LogP contribution in [-0.2, 0) is 150 Å². The molecule has 101 heavy (non-hydrogen) atoms. The van der Waals surface area contributed by atoms with Crippen molar-refractivity contribution in [3.05, 3.63) is 431 Å². The first-order valence-electron chi connectivity index (χ1n) is 32.8. The molecule has 0 aromatic heterocycles. The molecule has 0 aliphatic heterocycles. The van der Waals surface area contributed by atoms with E-state index in [0.29, 0.717) is 79.3 Å². The summed E-state index contributed by atoms with van der Waals surface area (Å²) in [6, 6.07) is 121. The van der Waals surface area contributed by atoms with Gasteiger partial charge in [-0.2, -0.15) is 0 Å². The van der Waals surface area contributed by atoms with Crippen LogP contribution in [-0.4, -0.2) is 0 Å². The molecule has 12 aromatic carbocycles. The Bertz CT molecular complexity index is 3000. The van der Waals surface area contributed by atoms with Crippen molar-refractivity contribution >= 4 is 34.4 Å². The van der Waals surface area contributed by atoms with E-state index in [4.69, 9.17) is 54.3 Å². The summed E-state index contributed by atoms with van der Waals surface area (Å²) < 4.78 is 70.7. The zero-order valence-electron chi connectivity index (χ0n) is 56.1. The first-order chi connectivity index (χ1) is 49.6. The molecule has 0 saturated carbocycles. The molecule has 17 heteroatoms. The molecule has 0 heterocycles. The van der Waals surface area contributed by atoms with Crippen molar-refractivity contribution in [1.29, 1.82) is 0 Å². The van der Waals surface area contributed by atoms with Crippen molar-refractivity contribution in [2.24, 2.45) is 0 Å². The predicted octanol–water partition coefficient (Wildman–Crippen LogP) is 23.5. The molecule has 0 aliphatic carbocycles. The Morgan fingerprint density at radius 2 is 0.188 bits per heavy atom. The molecule has 0 saturated heterocycles. The van der Waals surface area contributed by atoms with E-state index < -0.39 is 34.4 Å². The van der Waals surface area contributed by atoms with Crippen molar-refractivity contribution in [3.8, 4) is 0 Å². The van der Waals surface area contributed by atoms with E-state index in [0.717, 1.165) is 66.8 Å². The third kappa shape index (κ3) is 34.3. The average Bonchev–Trinajstić information content (AvgIpc) is 3.83. The Balaban J connectivity index is 0.000000171. The molecule has 0 atom stereocenters. The van der Waals surface area contributed by atoms with Gasteiger partial charge < -0.3 is 54.3 Å². The fourth-order valence-corrected chi connectivity index (χ4v) is 12.8. The van der Waals surface area contributed by atoms with E-state index in [1.165, 1.54) is 0 Å². The van der Waals surface area contributed by atoms with Gasteiger partial charge in [-0.15, -0.1) is 0 Å². The van der Waals surface area contributed by atoms with Gasteiger partial charge in [-0.05, 0) is 66.8 Å². The van der Waals surface area contributed by atoms with Gasteiger partial charge in [0.1, 0.15) is 0 Å². The van der Waals surface area contributed by atoms with Crippen LogP contribution >= 0.6 is 34.4 Å². The molecule has 0 radical (unpaired) electrons. The van der Waals surface area contributed by atoms with Gasteiger partial charge in [0.25, 0.3) is 0 Å². The summed E-state index contributed by atoms with van der Waals surface area (Å²) >= 11 is 0. The van der Waals surface area contributed by atoms with Crippen molar-refractivity contribution in [3.63, 3.8) is 0 Å². The standard InChI is InChI=1S/4C21H21O3P.Ni/c4*1-4-10-19(11-5-1)16-22-25(23-17-20-12-6-2-7-13-20)24-18-21-14-8-3-9-15-21;/h4*1-15H,16-18H2;. The molecule has 0 spiro atoms. The van der Waals surface area contributed by atoms with Gasteiger partial charge in [0.15, 0.2) is 0 Å². The Morgan fingerprint density at radius 1 is 0.119 bits per heavy atom. The van der Waals surface area contributed by atoms with E-state index >= 15 is 0 Å². The quantitative estimate of drug-likeness (QED) is 0.0275. The third-order valence-electron chi connectivity index (χ3n) is 14.2. The SMILES string of the molecule is [Ni].c1ccc(COP(OCc2ccccc2)OCc2ccccc2)cc1.c1ccc(COP(OCc2ccccc2)OCc2ccccc2)cc1.c1ccc(COP(OCc2ccccc2)OCc2ccccc2)cc1.c1ccc(COP(OCc2ccccc2)OCc2ccccc2)cc1. The molecular weight excluding hydrogens is 1380 g/mol. The van der Waals surface area contributed by atoms with E-state index in [2.05, 4.69) is 0 Å². The van der Waals surface area contributed by atoms with Crippen LogP contribution in [0.1, 0.15) is 66.8 Å². The number of hydrogen-bond donors (Lipinski definition) is 0. The summed E-state index contributed by atoms with van der Waals surface area (Å²) in [5.74, 6) is 0. The van der Waals surface area contributed by atoms with Gasteiger partial charge >= 0.3 is 34.4 Å². The van der Waals surface area contributed by atoms with Crippen LogP contribution in [0.3, 0.4) is 0 Å². The maximum atomic E-state index is 5.89. The number of rotatable bonds is 36. The molecule has 522 valence electrons. The molecule has 0 bridgehead atoms. The summed E-state index contributed by atoms with van der Waals surface area (Å²) in [6.07, 6.45) is 0. The van der Waals surface area contributed by atoms with Crippen LogP contribution < -0.4 is 0 Å². The molecule has 0 fully saturated rings. The Labute approximate surface area is 611 Å². The van der Waals surface area contributed by atoms with Gasteiger partial charge in [-0.3, -0.25) is 0 Å². The largest absolute Gasteiger partial charge is 0.333 e. The van der Waals surface area contributed by atoms with Crippen LogP contribution in [0.25, 0.3) is 0 Å². The second-order valence-electron chi connectivity index (χ2n) is 22.0. The summed E-state index contributed by atoms with van der Waals surface area (Å²) in [6.45, 7) is 5.62. The third-order valence-corrected chi connectivity index (χ3v) is 18.2. The Hall–Kier alpha value is -7.63. The summed E-state index contributed by atoms with van der Waals surface area (Å²) in [7, 11) is -5.73. The summed E-state index contributed by atoms with van der Waals surface area (Å²) in [5, 5.41) is 0. The van der Waals surface area contributed by atoms with E-state index in [-0.39, 0.29) is 16.5 Å². The average molecular weight is 1470 g/mol. The van der Waals surface area contributed by atoms with Gasteiger partial charge in [0.2, 0.25) is 0 Å². The number of benzene rings is 12. The monoisotopic (exact) mass is 1470 g/mol. The fourth-order valence-electron chi connectivity index (χ4n) is 8.86. The topological polar surface area (TPSA) is 111 Å². The van der Waals surface area contributed by atoms with Gasteiger partial charge in [0.05, 0.1) is 79.3 Å². The summed E-state index contributed by atoms with van der Waals surface area (Å²) in [4.78, 5) is 0. The van der Waals surface area contributed by atoms with Gasteiger partial charge in [0, 0.05) is 16.5 Å². The maximum absolute atomic E-state index is 5.89. The minimum Gasteiger partial charge on any atom is -0.307 e. The minimum absolute atomic E-state index is 0.